The van der Waals surface area contributed by atoms with Crippen LogP contribution in [0.5, 0.6) is 0 Å². The molecule has 1 aromatic heterocycles. The monoisotopic (exact) mass is 360 g/mol. The third-order valence-electron chi connectivity index (χ3n) is 4.99. The number of hydrogen-bond donors (Lipinski definition) is 1. The standard InChI is InChI=1S/C19H25FN4O2/c1-12-10-14(5-6-16(12)20)19-22-17(26-23-19)7-8-18(25)24-9-3-4-15(11-24)13(2)21/h5-6,10,13,15H,3-4,7-9,11,21H2,1-2H3. The minimum atomic E-state index is -0.269. The number of aromatic nitrogens is 2. The zero-order valence-corrected chi connectivity index (χ0v) is 15.2. The van der Waals surface area contributed by atoms with Gasteiger partial charge in [0.15, 0.2) is 0 Å². The van der Waals surface area contributed by atoms with E-state index in [9.17, 15) is 9.18 Å². The fourth-order valence-corrected chi connectivity index (χ4v) is 3.30. The second kappa shape index (κ2) is 7.95. The highest BCUT2D eigenvalue weighted by atomic mass is 19.1. The van der Waals surface area contributed by atoms with Gasteiger partial charge in [-0.2, -0.15) is 4.98 Å². The lowest BCUT2D eigenvalue weighted by Gasteiger charge is -2.34. The van der Waals surface area contributed by atoms with Crippen molar-refractivity contribution in [3.63, 3.8) is 0 Å². The maximum atomic E-state index is 13.4. The molecule has 2 heterocycles. The molecule has 26 heavy (non-hydrogen) atoms. The number of likely N-dealkylation sites (tertiary alicyclic amines) is 1. The zero-order chi connectivity index (χ0) is 18.7. The number of nitrogens with zero attached hydrogens (tertiary/aromatic N) is 3. The van der Waals surface area contributed by atoms with E-state index < -0.39 is 0 Å². The van der Waals surface area contributed by atoms with Crippen molar-refractivity contribution in [3.8, 4) is 11.4 Å². The van der Waals surface area contributed by atoms with Gasteiger partial charge in [-0.3, -0.25) is 4.79 Å². The van der Waals surface area contributed by atoms with Crippen LogP contribution >= 0.6 is 0 Å². The van der Waals surface area contributed by atoms with E-state index in [4.69, 9.17) is 10.3 Å². The minimum Gasteiger partial charge on any atom is -0.342 e. The van der Waals surface area contributed by atoms with Crippen molar-refractivity contribution < 1.29 is 13.7 Å². The van der Waals surface area contributed by atoms with Gasteiger partial charge in [0.2, 0.25) is 17.6 Å². The Hall–Kier alpha value is -2.28. The van der Waals surface area contributed by atoms with E-state index in [1.807, 2.05) is 11.8 Å². The van der Waals surface area contributed by atoms with Gasteiger partial charge in [0, 0.05) is 37.5 Å². The van der Waals surface area contributed by atoms with Crippen molar-refractivity contribution >= 4 is 5.91 Å². The van der Waals surface area contributed by atoms with Gasteiger partial charge in [-0.15, -0.1) is 0 Å². The Morgan fingerprint density at radius 2 is 2.31 bits per heavy atom. The smallest absolute Gasteiger partial charge is 0.227 e. The highest BCUT2D eigenvalue weighted by Gasteiger charge is 2.25. The molecule has 1 aliphatic rings. The summed E-state index contributed by atoms with van der Waals surface area (Å²) in [6.07, 6.45) is 2.79. The molecular weight excluding hydrogens is 335 g/mol. The van der Waals surface area contributed by atoms with Crippen LogP contribution in [0.3, 0.4) is 0 Å². The maximum Gasteiger partial charge on any atom is 0.227 e. The summed E-state index contributed by atoms with van der Waals surface area (Å²) in [7, 11) is 0. The van der Waals surface area contributed by atoms with Gasteiger partial charge in [-0.1, -0.05) is 5.16 Å². The van der Waals surface area contributed by atoms with Crippen LogP contribution in [-0.2, 0) is 11.2 Å². The molecule has 1 saturated heterocycles. The summed E-state index contributed by atoms with van der Waals surface area (Å²) in [4.78, 5) is 18.7. The molecule has 2 aromatic rings. The Labute approximate surface area is 152 Å². The first-order valence-corrected chi connectivity index (χ1v) is 9.06. The highest BCUT2D eigenvalue weighted by Crippen LogP contribution is 2.21. The molecule has 0 radical (unpaired) electrons. The molecule has 1 aromatic carbocycles. The third-order valence-corrected chi connectivity index (χ3v) is 4.99. The molecule has 1 aliphatic heterocycles. The van der Waals surface area contributed by atoms with Gasteiger partial charge in [0.1, 0.15) is 5.82 Å². The van der Waals surface area contributed by atoms with Crippen molar-refractivity contribution in [2.75, 3.05) is 13.1 Å². The van der Waals surface area contributed by atoms with E-state index in [2.05, 4.69) is 10.1 Å². The Morgan fingerprint density at radius 3 is 3.04 bits per heavy atom. The van der Waals surface area contributed by atoms with E-state index in [-0.39, 0.29) is 17.8 Å². The molecule has 0 aliphatic carbocycles. The third kappa shape index (κ3) is 4.27. The van der Waals surface area contributed by atoms with E-state index in [0.717, 1.165) is 25.9 Å². The van der Waals surface area contributed by atoms with Crippen molar-refractivity contribution in [2.45, 2.75) is 45.6 Å². The van der Waals surface area contributed by atoms with Crippen LogP contribution in [0.4, 0.5) is 4.39 Å². The van der Waals surface area contributed by atoms with Crippen molar-refractivity contribution in [3.05, 3.63) is 35.5 Å². The van der Waals surface area contributed by atoms with Gasteiger partial charge in [0.05, 0.1) is 0 Å². The van der Waals surface area contributed by atoms with Gasteiger partial charge in [-0.25, -0.2) is 4.39 Å². The summed E-state index contributed by atoms with van der Waals surface area (Å²) < 4.78 is 18.6. The maximum absolute atomic E-state index is 13.4. The quantitative estimate of drug-likeness (QED) is 0.886. The van der Waals surface area contributed by atoms with Crippen LogP contribution in [0.1, 0.15) is 37.6 Å². The lowest BCUT2D eigenvalue weighted by atomic mass is 9.92. The molecule has 0 saturated carbocycles. The molecule has 2 atom stereocenters. The molecule has 1 amide bonds. The second-order valence-corrected chi connectivity index (χ2v) is 7.08. The lowest BCUT2D eigenvalue weighted by Crippen LogP contribution is -2.45. The summed E-state index contributed by atoms with van der Waals surface area (Å²) >= 11 is 0. The number of rotatable bonds is 5. The average Bonchev–Trinajstić information content (AvgIpc) is 3.11. The number of carbonyl (C=O) groups excluding carboxylic acids is 1. The number of piperidine rings is 1. The number of nitrogens with two attached hydrogens (primary N) is 1. The first-order chi connectivity index (χ1) is 12.4. The number of amides is 1. The fraction of sp³-hybridized carbons (Fsp3) is 0.526. The summed E-state index contributed by atoms with van der Waals surface area (Å²) in [5, 5.41) is 3.93. The highest BCUT2D eigenvalue weighted by molar-refractivity contribution is 5.76. The van der Waals surface area contributed by atoms with E-state index >= 15 is 0 Å². The molecule has 1 fully saturated rings. The molecule has 140 valence electrons. The van der Waals surface area contributed by atoms with E-state index in [1.54, 1.807) is 19.1 Å². The van der Waals surface area contributed by atoms with Crippen LogP contribution in [0.2, 0.25) is 0 Å². The van der Waals surface area contributed by atoms with Crippen LogP contribution in [0.15, 0.2) is 22.7 Å². The number of benzene rings is 1. The Bertz CT molecular complexity index is 775. The molecule has 6 nitrogen and oxygen atoms in total. The predicted octanol–water partition coefficient (Wildman–Crippen LogP) is 2.70. The van der Waals surface area contributed by atoms with Gasteiger partial charge in [0.25, 0.3) is 0 Å². The van der Waals surface area contributed by atoms with E-state index in [0.29, 0.717) is 41.6 Å². The van der Waals surface area contributed by atoms with Crippen LogP contribution in [-0.4, -0.2) is 40.1 Å². The number of halogens is 1. The normalized spacial score (nSPS) is 18.8. The van der Waals surface area contributed by atoms with Crippen LogP contribution in [0.25, 0.3) is 11.4 Å². The molecule has 0 spiro atoms. The number of aryl methyl sites for hydroxylation is 2. The largest absolute Gasteiger partial charge is 0.342 e. The van der Waals surface area contributed by atoms with Crippen LogP contribution in [0, 0.1) is 18.7 Å². The first-order valence-electron chi connectivity index (χ1n) is 9.06. The summed E-state index contributed by atoms with van der Waals surface area (Å²) in [6, 6.07) is 4.78. The SMILES string of the molecule is Cc1cc(-c2noc(CCC(=O)N3CCCC(C(C)N)C3)n2)ccc1F. The van der Waals surface area contributed by atoms with Crippen LogP contribution < -0.4 is 5.73 Å². The minimum absolute atomic E-state index is 0.0905. The molecular formula is C19H25FN4O2. The molecule has 2 unspecified atom stereocenters. The average molecular weight is 360 g/mol. The van der Waals surface area contributed by atoms with Gasteiger partial charge >= 0.3 is 0 Å². The molecule has 3 rings (SSSR count). The number of hydrogen-bond acceptors (Lipinski definition) is 5. The summed E-state index contributed by atoms with van der Waals surface area (Å²) in [5.41, 5.74) is 7.20. The van der Waals surface area contributed by atoms with Crippen molar-refractivity contribution in [1.29, 1.82) is 0 Å². The van der Waals surface area contributed by atoms with Gasteiger partial charge in [-0.05, 0) is 56.4 Å². The van der Waals surface area contributed by atoms with Crippen molar-refractivity contribution in [2.24, 2.45) is 11.7 Å². The second-order valence-electron chi connectivity index (χ2n) is 7.08. The van der Waals surface area contributed by atoms with Gasteiger partial charge < -0.3 is 15.2 Å². The Balaban J connectivity index is 1.57. The molecule has 7 heteroatoms. The topological polar surface area (TPSA) is 85.2 Å². The first kappa shape index (κ1) is 18.5. The zero-order valence-electron chi connectivity index (χ0n) is 15.2. The predicted molar refractivity (Wildman–Crippen MR) is 95.7 cm³/mol. The Morgan fingerprint density at radius 1 is 1.50 bits per heavy atom. The number of carbonyl (C=O) groups is 1. The molecule has 0 bridgehead atoms. The summed E-state index contributed by atoms with van der Waals surface area (Å²) in [5.74, 6) is 1.01. The van der Waals surface area contributed by atoms with Crippen molar-refractivity contribution in [1.82, 2.24) is 15.0 Å². The summed E-state index contributed by atoms with van der Waals surface area (Å²) in [6.45, 7) is 5.19. The fourth-order valence-electron chi connectivity index (χ4n) is 3.30. The molecule has 2 N–H and O–H groups in total. The Kier molecular flexibility index (Phi) is 5.66. The van der Waals surface area contributed by atoms with E-state index in [1.165, 1.54) is 6.07 Å². The lowest BCUT2D eigenvalue weighted by molar-refractivity contribution is -0.133.